The molecule has 3 rings (SSSR count). The molecule has 2 N–H and O–H groups in total. The van der Waals surface area contributed by atoms with E-state index in [0.717, 1.165) is 21.9 Å². The number of aryl methyl sites for hydroxylation is 1. The van der Waals surface area contributed by atoms with Gasteiger partial charge in [-0.1, -0.05) is 48.5 Å². The van der Waals surface area contributed by atoms with Crippen LogP contribution in [0.5, 0.6) is 5.75 Å². The molecule has 0 aliphatic rings. The molecule has 0 saturated carbocycles. The van der Waals surface area contributed by atoms with E-state index < -0.39 is 11.7 Å². The van der Waals surface area contributed by atoms with E-state index in [9.17, 15) is 9.59 Å². The van der Waals surface area contributed by atoms with E-state index in [4.69, 9.17) is 9.47 Å². The summed E-state index contributed by atoms with van der Waals surface area (Å²) in [5.74, 6) is 0.403. The molecule has 174 valence electrons. The molecule has 33 heavy (non-hydrogen) atoms. The third-order valence-corrected chi connectivity index (χ3v) is 5.13. The van der Waals surface area contributed by atoms with Gasteiger partial charge in [0.1, 0.15) is 18.0 Å². The minimum atomic E-state index is -0.548. The van der Waals surface area contributed by atoms with E-state index in [1.165, 1.54) is 0 Å². The zero-order valence-electron chi connectivity index (χ0n) is 19.9. The smallest absolute Gasteiger partial charge is 0.407 e. The van der Waals surface area contributed by atoms with E-state index >= 15 is 0 Å². The zero-order chi connectivity index (χ0) is 24.0. The van der Waals surface area contributed by atoms with Gasteiger partial charge in [-0.15, -0.1) is 0 Å². The summed E-state index contributed by atoms with van der Waals surface area (Å²) < 4.78 is 10.9. The van der Waals surface area contributed by atoms with Crippen LogP contribution in [0.25, 0.3) is 10.8 Å². The van der Waals surface area contributed by atoms with Crippen molar-refractivity contribution in [1.82, 2.24) is 10.6 Å². The van der Waals surface area contributed by atoms with Gasteiger partial charge in [0.2, 0.25) is 0 Å². The van der Waals surface area contributed by atoms with Crippen molar-refractivity contribution in [3.63, 3.8) is 0 Å². The largest absolute Gasteiger partial charge is 0.492 e. The lowest BCUT2D eigenvalue weighted by molar-refractivity contribution is 0.0520. The first-order valence-corrected chi connectivity index (χ1v) is 11.1. The molecule has 0 aromatic heterocycles. The average molecular weight is 449 g/mol. The van der Waals surface area contributed by atoms with E-state index in [2.05, 4.69) is 28.8 Å². The first kappa shape index (κ1) is 24.1. The van der Waals surface area contributed by atoms with Gasteiger partial charge in [0.25, 0.3) is 5.91 Å². The Labute approximate surface area is 195 Å². The summed E-state index contributed by atoms with van der Waals surface area (Å²) in [6.07, 6.45) is -0.488. The third-order valence-electron chi connectivity index (χ3n) is 5.13. The number of fused-ring (bicyclic) bond motifs is 1. The normalized spacial score (nSPS) is 12.2. The molecule has 0 bridgehead atoms. The number of amides is 2. The summed E-state index contributed by atoms with van der Waals surface area (Å²) in [5.41, 5.74) is 1.93. The molecule has 0 aliphatic heterocycles. The maximum atomic E-state index is 13.0. The van der Waals surface area contributed by atoms with E-state index in [1.807, 2.05) is 71.0 Å². The van der Waals surface area contributed by atoms with Crippen LogP contribution >= 0.6 is 0 Å². The molecule has 1 atom stereocenters. The molecule has 3 aromatic rings. The number of carbonyl (C=O) groups is 2. The van der Waals surface area contributed by atoms with Gasteiger partial charge in [-0.3, -0.25) is 4.79 Å². The molecule has 0 saturated heterocycles. The Morgan fingerprint density at radius 2 is 1.73 bits per heavy atom. The molecule has 0 radical (unpaired) electrons. The number of rotatable bonds is 7. The van der Waals surface area contributed by atoms with Crippen molar-refractivity contribution in [3.8, 4) is 5.75 Å². The number of benzene rings is 3. The second-order valence-corrected chi connectivity index (χ2v) is 9.02. The van der Waals surface area contributed by atoms with Crippen molar-refractivity contribution < 1.29 is 19.1 Å². The minimum absolute atomic E-state index is 0.161. The number of hydrogen-bond acceptors (Lipinski definition) is 4. The van der Waals surface area contributed by atoms with Gasteiger partial charge >= 0.3 is 6.09 Å². The van der Waals surface area contributed by atoms with Gasteiger partial charge in [-0.05, 0) is 68.7 Å². The van der Waals surface area contributed by atoms with E-state index in [0.29, 0.717) is 17.9 Å². The van der Waals surface area contributed by atoms with Crippen molar-refractivity contribution >= 4 is 22.8 Å². The predicted molar refractivity (Wildman–Crippen MR) is 131 cm³/mol. The SMILES string of the molecule is Cc1ccc(OCCNC(=O)OC(C)(C)C)cc1C(=O)NC(C)c1cccc2ccccc12. The van der Waals surface area contributed by atoms with Crippen LogP contribution in [0, 0.1) is 6.92 Å². The molecule has 0 spiro atoms. The van der Waals surface area contributed by atoms with Crippen molar-refractivity contribution in [2.75, 3.05) is 13.2 Å². The Morgan fingerprint density at radius 3 is 2.48 bits per heavy atom. The fourth-order valence-corrected chi connectivity index (χ4v) is 3.55. The monoisotopic (exact) mass is 448 g/mol. The van der Waals surface area contributed by atoms with Gasteiger partial charge in [-0.2, -0.15) is 0 Å². The van der Waals surface area contributed by atoms with Crippen LogP contribution in [0.3, 0.4) is 0 Å². The lowest BCUT2D eigenvalue weighted by atomic mass is 9.99. The van der Waals surface area contributed by atoms with Crippen molar-refractivity contribution in [1.29, 1.82) is 0 Å². The molecule has 0 heterocycles. The number of nitrogens with one attached hydrogen (secondary N) is 2. The van der Waals surface area contributed by atoms with Crippen LogP contribution in [0.2, 0.25) is 0 Å². The summed E-state index contributed by atoms with van der Waals surface area (Å²) >= 11 is 0. The molecule has 3 aromatic carbocycles. The average Bonchev–Trinajstić information content (AvgIpc) is 2.76. The Balaban J connectivity index is 1.61. The Bertz CT molecular complexity index is 1130. The Hall–Kier alpha value is -3.54. The third kappa shape index (κ3) is 6.72. The lowest BCUT2D eigenvalue weighted by Gasteiger charge is -2.19. The van der Waals surface area contributed by atoms with E-state index in [1.54, 1.807) is 6.07 Å². The highest BCUT2D eigenvalue weighted by Crippen LogP contribution is 2.25. The van der Waals surface area contributed by atoms with Gasteiger partial charge in [0, 0.05) is 5.56 Å². The molecular weight excluding hydrogens is 416 g/mol. The van der Waals surface area contributed by atoms with Crippen LogP contribution in [-0.4, -0.2) is 30.8 Å². The topological polar surface area (TPSA) is 76.7 Å². The quantitative estimate of drug-likeness (QED) is 0.465. The fraction of sp³-hybridized carbons (Fsp3) is 0.333. The highest BCUT2D eigenvalue weighted by molar-refractivity contribution is 5.96. The van der Waals surface area contributed by atoms with Gasteiger partial charge in [0.05, 0.1) is 12.6 Å². The molecule has 0 fully saturated rings. The van der Waals surface area contributed by atoms with Crippen molar-refractivity contribution in [2.24, 2.45) is 0 Å². The maximum Gasteiger partial charge on any atom is 0.407 e. The molecule has 6 nitrogen and oxygen atoms in total. The zero-order valence-corrected chi connectivity index (χ0v) is 19.9. The molecular formula is C27H32N2O4. The van der Waals surface area contributed by atoms with Crippen LogP contribution < -0.4 is 15.4 Å². The highest BCUT2D eigenvalue weighted by Gasteiger charge is 2.17. The van der Waals surface area contributed by atoms with Crippen LogP contribution in [0.15, 0.2) is 60.7 Å². The second-order valence-electron chi connectivity index (χ2n) is 9.02. The van der Waals surface area contributed by atoms with Gasteiger partial charge in [-0.25, -0.2) is 4.79 Å². The maximum absolute atomic E-state index is 13.0. The number of alkyl carbamates (subject to hydrolysis) is 1. The highest BCUT2D eigenvalue weighted by atomic mass is 16.6. The van der Waals surface area contributed by atoms with Gasteiger partial charge < -0.3 is 20.1 Å². The summed E-state index contributed by atoms with van der Waals surface area (Å²) in [6, 6.07) is 19.5. The molecule has 2 amide bonds. The fourth-order valence-electron chi connectivity index (χ4n) is 3.55. The summed E-state index contributed by atoms with van der Waals surface area (Å²) in [6.45, 7) is 9.86. The number of carbonyl (C=O) groups excluding carboxylic acids is 2. The summed E-state index contributed by atoms with van der Waals surface area (Å²) in [4.78, 5) is 24.8. The number of hydrogen-bond donors (Lipinski definition) is 2. The van der Waals surface area contributed by atoms with Crippen LogP contribution in [0.4, 0.5) is 4.79 Å². The van der Waals surface area contributed by atoms with Gasteiger partial charge in [0.15, 0.2) is 0 Å². The molecule has 0 aliphatic carbocycles. The minimum Gasteiger partial charge on any atom is -0.492 e. The Kier molecular flexibility index (Phi) is 7.59. The van der Waals surface area contributed by atoms with Crippen LogP contribution in [-0.2, 0) is 4.74 Å². The lowest BCUT2D eigenvalue weighted by Crippen LogP contribution is -2.34. The summed E-state index contributed by atoms with van der Waals surface area (Å²) in [5, 5.41) is 8.03. The van der Waals surface area contributed by atoms with Crippen molar-refractivity contribution in [2.45, 2.75) is 46.3 Å². The van der Waals surface area contributed by atoms with E-state index in [-0.39, 0.29) is 18.6 Å². The molecule has 6 heteroatoms. The molecule has 1 unspecified atom stereocenters. The van der Waals surface area contributed by atoms with Crippen LogP contribution in [0.1, 0.15) is 55.2 Å². The Morgan fingerprint density at radius 1 is 1.00 bits per heavy atom. The first-order valence-electron chi connectivity index (χ1n) is 11.1. The predicted octanol–water partition coefficient (Wildman–Crippen LogP) is 5.54. The second kappa shape index (κ2) is 10.4. The van der Waals surface area contributed by atoms with Crippen molar-refractivity contribution in [3.05, 3.63) is 77.4 Å². The number of ether oxygens (including phenoxy) is 2. The standard InChI is InChI=1S/C27H32N2O4/c1-18-13-14-21(32-16-15-28-26(31)33-27(3,4)5)17-24(18)25(30)29-19(2)22-12-8-10-20-9-6-7-11-23(20)22/h6-14,17,19H,15-16H2,1-5H3,(H,28,31)(H,29,30). The summed E-state index contributed by atoms with van der Waals surface area (Å²) in [7, 11) is 0. The first-order chi connectivity index (χ1) is 15.6.